The zero-order valence-corrected chi connectivity index (χ0v) is 18.4. The monoisotopic (exact) mass is 471 g/mol. The molecule has 0 saturated heterocycles. The van der Waals surface area contributed by atoms with Crippen LogP contribution in [0.1, 0.15) is 52.6 Å². The quantitative estimate of drug-likeness (QED) is 0.416. The van der Waals surface area contributed by atoms with Crippen LogP contribution in [0.5, 0.6) is 0 Å². The van der Waals surface area contributed by atoms with Gasteiger partial charge in [0, 0.05) is 47.9 Å². The van der Waals surface area contributed by atoms with E-state index >= 15 is 0 Å². The Bertz CT molecular complexity index is 1390. The molecule has 1 aliphatic heterocycles. The molecule has 6 nitrogen and oxygen atoms in total. The number of hydrogen-bond donors (Lipinski definition) is 1. The first-order valence-electron chi connectivity index (χ1n) is 10.8. The Labute approximate surface area is 192 Å². The molecule has 3 aromatic heterocycles. The molecule has 0 atom stereocenters. The fourth-order valence-corrected chi connectivity index (χ4v) is 4.47. The van der Waals surface area contributed by atoms with E-state index in [0.29, 0.717) is 30.8 Å². The number of H-pyrrole nitrogens is 1. The number of aromatic nitrogens is 4. The third-order valence-corrected chi connectivity index (χ3v) is 6.10. The minimum absolute atomic E-state index is 0.145. The van der Waals surface area contributed by atoms with E-state index in [2.05, 4.69) is 15.1 Å². The second kappa shape index (κ2) is 7.96. The maximum Gasteiger partial charge on any atom is 0.417 e. The minimum Gasteiger partial charge on any atom is -0.358 e. The van der Waals surface area contributed by atoms with Gasteiger partial charge in [0.1, 0.15) is 5.82 Å². The maximum atomic E-state index is 13.8. The van der Waals surface area contributed by atoms with Gasteiger partial charge in [-0.25, -0.2) is 14.1 Å². The summed E-state index contributed by atoms with van der Waals surface area (Å²) in [5, 5.41) is 5.03. The highest BCUT2D eigenvalue weighted by molar-refractivity contribution is 5.96. The van der Waals surface area contributed by atoms with Crippen LogP contribution in [0, 0.1) is 5.82 Å². The summed E-state index contributed by atoms with van der Waals surface area (Å²) < 4.78 is 54.0. The smallest absolute Gasteiger partial charge is 0.358 e. The van der Waals surface area contributed by atoms with E-state index in [4.69, 9.17) is 0 Å². The van der Waals surface area contributed by atoms with Crippen molar-refractivity contribution in [1.82, 2.24) is 24.6 Å². The molecule has 0 spiro atoms. The zero-order valence-electron chi connectivity index (χ0n) is 18.4. The average Bonchev–Trinajstić information content (AvgIpc) is 3.39. The largest absolute Gasteiger partial charge is 0.417 e. The molecule has 0 radical (unpaired) electrons. The second-order valence-electron chi connectivity index (χ2n) is 8.66. The fourth-order valence-electron chi connectivity index (χ4n) is 4.47. The number of rotatable bonds is 3. The van der Waals surface area contributed by atoms with Crippen LogP contribution in [-0.2, 0) is 19.1 Å². The Morgan fingerprint density at radius 2 is 1.94 bits per heavy atom. The maximum absolute atomic E-state index is 13.8. The Morgan fingerprint density at radius 3 is 2.62 bits per heavy atom. The molecular weight excluding hydrogens is 450 g/mol. The number of carbonyl (C=O) groups excluding carboxylic acids is 1. The van der Waals surface area contributed by atoms with Crippen LogP contribution in [0.2, 0.25) is 0 Å². The number of halogens is 4. The van der Waals surface area contributed by atoms with Crippen molar-refractivity contribution < 1.29 is 22.4 Å². The third kappa shape index (κ3) is 3.72. The van der Waals surface area contributed by atoms with E-state index < -0.39 is 11.7 Å². The fraction of sp³-hybridized carbons (Fsp3) is 0.292. The van der Waals surface area contributed by atoms with E-state index in [1.807, 2.05) is 13.8 Å². The van der Waals surface area contributed by atoms with Crippen LogP contribution in [0.25, 0.3) is 16.7 Å². The van der Waals surface area contributed by atoms with Gasteiger partial charge in [-0.2, -0.15) is 18.3 Å². The lowest BCUT2D eigenvalue weighted by Gasteiger charge is -2.27. The Morgan fingerprint density at radius 1 is 1.15 bits per heavy atom. The van der Waals surface area contributed by atoms with E-state index in [1.165, 1.54) is 29.1 Å². The number of amides is 1. The van der Waals surface area contributed by atoms with Crippen molar-refractivity contribution >= 4 is 16.8 Å². The van der Waals surface area contributed by atoms with Crippen molar-refractivity contribution in [3.05, 3.63) is 76.6 Å². The molecule has 0 unspecified atom stereocenters. The summed E-state index contributed by atoms with van der Waals surface area (Å²) in [5.41, 5.74) is 2.77. The zero-order chi connectivity index (χ0) is 24.2. The molecule has 1 amide bonds. The molecule has 0 aliphatic carbocycles. The Kier molecular flexibility index (Phi) is 5.18. The first kappa shape index (κ1) is 22.1. The number of nitrogens with zero attached hydrogens (tertiary/aromatic N) is 4. The molecule has 0 bridgehead atoms. The lowest BCUT2D eigenvalue weighted by atomic mass is 10.0. The molecule has 10 heteroatoms. The Balaban J connectivity index is 1.48. The highest BCUT2D eigenvalue weighted by Crippen LogP contribution is 2.32. The van der Waals surface area contributed by atoms with Crippen LogP contribution >= 0.6 is 0 Å². The standard InChI is InChI=1S/C24H21F4N5O/c1-13(2)22-17(11-30-33(22)21-6-3-14(10-29-21)24(26,27)28)23(34)32-8-7-20-18(12-32)16-9-15(25)4-5-19(16)31-20/h3-6,9-11,13,31H,7-8,12H2,1-2H3. The number of pyridine rings is 1. The van der Waals surface area contributed by atoms with Gasteiger partial charge in [-0.05, 0) is 36.2 Å². The lowest BCUT2D eigenvalue weighted by Crippen LogP contribution is -2.36. The summed E-state index contributed by atoms with van der Waals surface area (Å²) >= 11 is 0. The van der Waals surface area contributed by atoms with Crippen LogP contribution in [0.3, 0.4) is 0 Å². The van der Waals surface area contributed by atoms with Crippen molar-refractivity contribution in [3.63, 3.8) is 0 Å². The number of hydrogen-bond acceptors (Lipinski definition) is 3. The summed E-state index contributed by atoms with van der Waals surface area (Å²) in [4.78, 5) is 22.4. The third-order valence-electron chi connectivity index (χ3n) is 6.10. The molecule has 4 heterocycles. The number of nitrogens with one attached hydrogen (secondary N) is 1. The van der Waals surface area contributed by atoms with Crippen LogP contribution in [0.15, 0.2) is 42.7 Å². The van der Waals surface area contributed by atoms with Crippen molar-refractivity contribution in [2.75, 3.05) is 6.54 Å². The normalized spacial score (nSPS) is 14.1. The predicted octanol–water partition coefficient (Wildman–Crippen LogP) is 5.23. The summed E-state index contributed by atoms with van der Waals surface area (Å²) in [7, 11) is 0. The number of aromatic amines is 1. The SMILES string of the molecule is CC(C)c1c(C(=O)N2CCc3[nH]c4ccc(F)cc4c3C2)cnn1-c1ccc(C(F)(F)F)cn1. The van der Waals surface area contributed by atoms with E-state index in [1.54, 1.807) is 11.0 Å². The van der Waals surface area contributed by atoms with Crippen molar-refractivity contribution in [2.45, 2.75) is 38.9 Å². The van der Waals surface area contributed by atoms with Gasteiger partial charge in [-0.15, -0.1) is 0 Å². The summed E-state index contributed by atoms with van der Waals surface area (Å²) in [6.07, 6.45) is -1.70. The van der Waals surface area contributed by atoms with Crippen LogP contribution in [-0.4, -0.2) is 37.1 Å². The van der Waals surface area contributed by atoms with Crippen molar-refractivity contribution in [2.24, 2.45) is 0 Å². The highest BCUT2D eigenvalue weighted by atomic mass is 19.4. The number of carbonyl (C=O) groups is 1. The highest BCUT2D eigenvalue weighted by Gasteiger charge is 2.32. The first-order chi connectivity index (χ1) is 16.1. The molecule has 34 heavy (non-hydrogen) atoms. The number of fused-ring (bicyclic) bond motifs is 3. The molecule has 4 aromatic rings. The lowest BCUT2D eigenvalue weighted by molar-refractivity contribution is -0.137. The van der Waals surface area contributed by atoms with Crippen molar-refractivity contribution in [3.8, 4) is 5.82 Å². The average molecular weight is 471 g/mol. The molecular formula is C24H21F4N5O. The Hall–Kier alpha value is -3.69. The van der Waals surface area contributed by atoms with Gasteiger partial charge in [0.25, 0.3) is 5.91 Å². The molecule has 0 saturated carbocycles. The van der Waals surface area contributed by atoms with E-state index in [9.17, 15) is 22.4 Å². The van der Waals surface area contributed by atoms with E-state index in [-0.39, 0.29) is 23.5 Å². The summed E-state index contributed by atoms with van der Waals surface area (Å²) in [6.45, 7) is 4.55. The van der Waals surface area contributed by atoms with Gasteiger partial charge >= 0.3 is 6.18 Å². The summed E-state index contributed by atoms with van der Waals surface area (Å²) in [6, 6.07) is 6.73. The van der Waals surface area contributed by atoms with Crippen molar-refractivity contribution in [1.29, 1.82) is 0 Å². The molecule has 1 aromatic carbocycles. The second-order valence-corrected chi connectivity index (χ2v) is 8.66. The first-order valence-corrected chi connectivity index (χ1v) is 10.8. The predicted molar refractivity (Wildman–Crippen MR) is 117 cm³/mol. The van der Waals surface area contributed by atoms with Gasteiger partial charge in [0.05, 0.1) is 23.0 Å². The van der Waals surface area contributed by atoms with E-state index in [0.717, 1.165) is 34.4 Å². The van der Waals surface area contributed by atoms with Crippen LogP contribution in [0.4, 0.5) is 17.6 Å². The molecule has 176 valence electrons. The topological polar surface area (TPSA) is 66.8 Å². The summed E-state index contributed by atoms with van der Waals surface area (Å²) in [5.74, 6) is -0.528. The van der Waals surface area contributed by atoms with Gasteiger partial charge in [0.15, 0.2) is 5.82 Å². The van der Waals surface area contributed by atoms with Gasteiger partial charge < -0.3 is 9.88 Å². The minimum atomic E-state index is -4.49. The van der Waals surface area contributed by atoms with Gasteiger partial charge in [0.2, 0.25) is 0 Å². The molecule has 0 fully saturated rings. The number of benzene rings is 1. The molecule has 1 aliphatic rings. The number of alkyl halides is 3. The van der Waals surface area contributed by atoms with Gasteiger partial charge in [-0.3, -0.25) is 4.79 Å². The molecule has 5 rings (SSSR count). The molecule has 1 N–H and O–H groups in total. The van der Waals surface area contributed by atoms with Gasteiger partial charge in [-0.1, -0.05) is 13.8 Å². The van der Waals surface area contributed by atoms with Crippen LogP contribution < -0.4 is 0 Å².